The lowest BCUT2D eigenvalue weighted by Crippen LogP contribution is -2.05. The minimum atomic E-state index is -1.22. The highest BCUT2D eigenvalue weighted by Gasteiger charge is 2.08. The van der Waals surface area contributed by atoms with Gasteiger partial charge in [-0.05, 0) is 110 Å². The number of hydrazine groups is 1. The second kappa shape index (κ2) is 27.3. The number of nitrogens with one attached hydrogen (secondary N) is 2. The molecular weight excluding hydrogens is 699 g/mol. The highest BCUT2D eigenvalue weighted by atomic mass is 32.2. The Morgan fingerprint density at radius 2 is 1.22 bits per heavy atom. The third-order valence-corrected chi connectivity index (χ3v) is 8.57. The molecule has 0 aliphatic heterocycles. The van der Waals surface area contributed by atoms with E-state index >= 15 is 0 Å². The molecule has 288 valence electrons. The van der Waals surface area contributed by atoms with Crippen LogP contribution in [0.3, 0.4) is 0 Å². The fourth-order valence-corrected chi connectivity index (χ4v) is 5.04. The summed E-state index contributed by atoms with van der Waals surface area (Å²) in [5.41, 5.74) is 23.8. The minimum Gasteiger partial charge on any atom is -0.404 e. The molecule has 0 saturated carbocycles. The number of nitrogens with zero attached hydrogens (tertiary/aromatic N) is 6. The molecule has 0 saturated heterocycles. The molecule has 4 aromatic carbocycles. The molecule has 15 heteroatoms. The van der Waals surface area contributed by atoms with Gasteiger partial charge in [0.15, 0.2) is 0 Å². The number of rotatable bonds is 10. The van der Waals surface area contributed by atoms with Crippen LogP contribution in [0.15, 0.2) is 143 Å². The Bertz CT molecular complexity index is 1770. The smallest absolute Gasteiger partial charge is 0.0851 e. The molecule has 12 N–H and O–H groups in total. The van der Waals surface area contributed by atoms with Crippen molar-refractivity contribution >= 4 is 57.3 Å². The number of nitrogen functional groups attached to an aromatic ring is 1. The molecule has 0 aliphatic rings. The molecule has 0 fully saturated rings. The van der Waals surface area contributed by atoms with Gasteiger partial charge in [0.25, 0.3) is 0 Å². The monoisotopic (exact) mass is 753 g/mol. The quantitative estimate of drug-likeness (QED) is 0.0387. The van der Waals surface area contributed by atoms with E-state index in [1.54, 1.807) is 57.0 Å². The zero-order valence-corrected chi connectivity index (χ0v) is 31.9. The fourth-order valence-electron chi connectivity index (χ4n) is 4.00. The Balaban J connectivity index is 0.000000747. The van der Waals surface area contributed by atoms with Crippen LogP contribution in [0.25, 0.3) is 5.57 Å². The number of hydrogen-bond donors (Lipinski definition) is 7. The molecule has 1 unspecified atom stereocenters. The number of benzene rings is 4. The molecule has 4 rings (SSSR count). The van der Waals surface area contributed by atoms with Crippen molar-refractivity contribution in [3.05, 3.63) is 126 Å². The van der Waals surface area contributed by atoms with E-state index < -0.39 is 10.8 Å². The van der Waals surface area contributed by atoms with E-state index in [0.717, 1.165) is 66.9 Å². The molecule has 0 spiro atoms. The van der Waals surface area contributed by atoms with Crippen LogP contribution in [-0.2, 0) is 10.8 Å². The number of aliphatic imine (C=N–C) groups is 2. The highest BCUT2D eigenvalue weighted by Crippen LogP contribution is 2.20. The summed E-state index contributed by atoms with van der Waals surface area (Å²) in [6.45, 7) is 7.60. The first-order valence-corrected chi connectivity index (χ1v) is 17.3. The fraction of sp³-hybridized carbons (Fsp3) is 0.205. The Morgan fingerprint density at radius 3 is 1.61 bits per heavy atom. The third kappa shape index (κ3) is 17.7. The van der Waals surface area contributed by atoms with Crippen LogP contribution in [0, 0.1) is 5.53 Å². The van der Waals surface area contributed by atoms with Gasteiger partial charge in [-0.15, -0.1) is 0 Å². The molecule has 4 aromatic rings. The van der Waals surface area contributed by atoms with Gasteiger partial charge < -0.3 is 28.7 Å². The van der Waals surface area contributed by atoms with Crippen LogP contribution in [0.1, 0.15) is 63.8 Å². The minimum absolute atomic E-state index is 0. The number of hydrogen-bond acceptors (Lipinski definition) is 14. The summed E-state index contributed by atoms with van der Waals surface area (Å²) in [6.07, 6.45) is 5.75. The van der Waals surface area contributed by atoms with Crippen molar-refractivity contribution in [3.8, 4) is 0 Å². The van der Waals surface area contributed by atoms with Gasteiger partial charge >= 0.3 is 0 Å². The topological polar surface area (TPSA) is 257 Å². The predicted molar refractivity (Wildman–Crippen MR) is 230 cm³/mol. The molecule has 14 nitrogen and oxygen atoms in total. The molecule has 54 heavy (non-hydrogen) atoms. The first-order chi connectivity index (χ1) is 25.5. The average molecular weight is 754 g/mol. The predicted octanol–water partition coefficient (Wildman–Crippen LogP) is 6.96. The average Bonchev–Trinajstić information content (AvgIpc) is 3.21. The molecule has 0 radical (unpaired) electrons. The van der Waals surface area contributed by atoms with E-state index in [0.29, 0.717) is 5.69 Å². The number of nitrogens with two attached hydrogens (primary N) is 5. The van der Waals surface area contributed by atoms with E-state index in [4.69, 9.17) is 34.6 Å². The van der Waals surface area contributed by atoms with E-state index in [1.807, 2.05) is 100 Å². The number of anilines is 1. The zero-order valence-electron chi connectivity index (χ0n) is 31.1. The van der Waals surface area contributed by atoms with E-state index in [-0.39, 0.29) is 7.43 Å². The molecule has 0 bridgehead atoms. The Labute approximate surface area is 322 Å². The van der Waals surface area contributed by atoms with Crippen LogP contribution in [0.5, 0.6) is 0 Å². The first-order valence-electron chi connectivity index (χ1n) is 16.1. The third-order valence-electron chi connectivity index (χ3n) is 7.17. The summed E-state index contributed by atoms with van der Waals surface area (Å²) in [7, 11) is 2.29. The summed E-state index contributed by atoms with van der Waals surface area (Å²) in [5, 5.41) is 13.8. The Morgan fingerprint density at radius 1 is 0.722 bits per heavy atom. The van der Waals surface area contributed by atoms with Crippen molar-refractivity contribution in [2.75, 3.05) is 19.5 Å². The number of allylic oxidation sites excluding steroid dienone is 1. The van der Waals surface area contributed by atoms with Crippen LogP contribution >= 0.6 is 0 Å². The SMILES string of the molecule is C.C/C(=C/N)c1ccc(S(=O)c2ccc(/C(C)=N\N)cc2)cc1.CN=C(C)C/C(C)=N\N.CN=Cc1ccc(/C=N/N)cc1.N=Nc1ccc(NN)cc1. The van der Waals surface area contributed by atoms with Crippen molar-refractivity contribution in [3.63, 3.8) is 0 Å². The maximum Gasteiger partial charge on any atom is 0.0851 e. The standard InChI is InChI=1S/C17H19N3OS.C9H11N3.C6H8N4.C6H13N3.CH4/c1-12(11-18)14-3-7-16(8-4-14)22(21)17-9-5-15(6-10-17)13(2)20-19;1-11-6-8-2-4-9(5-3-8)7-12-10;7-9-5-1-2-6(10-8)4-3-5;1-5(8-3)4-6(2)9-7;/h3-11H,18-19H2,1-2H3;2-7H,10H2,1H3;1-4,7,10H,8H2;4,7H2,1-3H3;1H4/b12-11-,20-13-;11-6?,12-7+;;8-5?,9-6-;. The van der Waals surface area contributed by atoms with Gasteiger partial charge in [-0.3, -0.25) is 15.8 Å². The van der Waals surface area contributed by atoms with Crippen molar-refractivity contribution in [2.45, 2.75) is 51.3 Å². The molecule has 0 aliphatic carbocycles. The summed E-state index contributed by atoms with van der Waals surface area (Å²) in [5.74, 6) is 20.4. The van der Waals surface area contributed by atoms with Crippen LogP contribution in [0.4, 0.5) is 11.4 Å². The van der Waals surface area contributed by atoms with Gasteiger partial charge in [0.05, 0.1) is 28.4 Å². The lowest BCUT2D eigenvalue weighted by molar-refractivity contribution is 0.683. The Hall–Kier alpha value is -6.32. The van der Waals surface area contributed by atoms with Gasteiger partial charge in [-0.2, -0.15) is 20.4 Å². The molecule has 1 atom stereocenters. The van der Waals surface area contributed by atoms with Crippen LogP contribution in [-0.4, -0.2) is 47.9 Å². The molecule has 0 heterocycles. The molecule has 0 aromatic heterocycles. The van der Waals surface area contributed by atoms with E-state index in [1.165, 1.54) is 0 Å². The van der Waals surface area contributed by atoms with E-state index in [9.17, 15) is 4.21 Å². The van der Waals surface area contributed by atoms with Crippen molar-refractivity contribution < 1.29 is 4.21 Å². The largest absolute Gasteiger partial charge is 0.404 e. The van der Waals surface area contributed by atoms with Gasteiger partial charge in [-0.25, -0.2) is 9.74 Å². The van der Waals surface area contributed by atoms with Crippen molar-refractivity contribution in [1.82, 2.24) is 0 Å². The second-order valence-corrected chi connectivity index (χ2v) is 12.5. The summed E-state index contributed by atoms with van der Waals surface area (Å²) in [4.78, 5) is 9.35. The van der Waals surface area contributed by atoms with Gasteiger partial charge in [-0.1, -0.05) is 56.0 Å². The lowest BCUT2D eigenvalue weighted by Gasteiger charge is -2.06. The van der Waals surface area contributed by atoms with E-state index in [2.05, 4.69) is 35.8 Å². The van der Waals surface area contributed by atoms with Gasteiger partial charge in [0.1, 0.15) is 0 Å². The second-order valence-electron chi connectivity index (χ2n) is 11.0. The van der Waals surface area contributed by atoms with Crippen LogP contribution < -0.4 is 34.5 Å². The van der Waals surface area contributed by atoms with Gasteiger partial charge in [0.2, 0.25) is 0 Å². The maximum atomic E-state index is 12.6. The van der Waals surface area contributed by atoms with Gasteiger partial charge in [0, 0.05) is 53.6 Å². The highest BCUT2D eigenvalue weighted by molar-refractivity contribution is 7.85. The maximum absolute atomic E-state index is 12.6. The number of hydrazone groups is 3. The summed E-state index contributed by atoms with van der Waals surface area (Å²) >= 11 is 0. The first kappa shape index (κ1) is 47.7. The zero-order chi connectivity index (χ0) is 39.6. The Kier molecular flexibility index (Phi) is 24.1. The molecular formula is C39H55N13OS. The normalized spacial score (nSPS) is 12.2. The van der Waals surface area contributed by atoms with Crippen molar-refractivity contribution in [1.29, 1.82) is 5.53 Å². The summed E-state index contributed by atoms with van der Waals surface area (Å²) < 4.78 is 12.6. The van der Waals surface area contributed by atoms with Crippen LogP contribution in [0.2, 0.25) is 0 Å². The lowest BCUT2D eigenvalue weighted by atomic mass is 10.1. The molecule has 0 amide bonds. The summed E-state index contributed by atoms with van der Waals surface area (Å²) in [6, 6.07) is 29.7. The van der Waals surface area contributed by atoms with Crippen molar-refractivity contribution in [2.24, 2.45) is 59.5 Å².